The second-order valence-corrected chi connectivity index (χ2v) is 17.2. The van der Waals surface area contributed by atoms with Gasteiger partial charge in [0, 0.05) is 13.0 Å². The van der Waals surface area contributed by atoms with Crippen LogP contribution in [0.4, 0.5) is 0 Å². The zero-order valence-electron chi connectivity index (χ0n) is 37.3. The molecule has 0 rings (SSSR count). The molecule has 0 aromatic rings. The lowest BCUT2D eigenvalue weighted by atomic mass is 10.1. The van der Waals surface area contributed by atoms with Gasteiger partial charge in [0.1, 0.15) is 12.2 Å². The van der Waals surface area contributed by atoms with Crippen LogP contribution in [0.1, 0.15) is 206 Å². The van der Waals surface area contributed by atoms with Crippen molar-refractivity contribution in [3.63, 3.8) is 0 Å². The highest BCUT2D eigenvalue weighted by Crippen LogP contribution is 2.43. The van der Waals surface area contributed by atoms with E-state index in [9.17, 15) is 19.4 Å². The van der Waals surface area contributed by atoms with Crippen LogP contribution in [-0.2, 0) is 27.9 Å². The molecule has 0 aliphatic heterocycles. The summed E-state index contributed by atoms with van der Waals surface area (Å²) in [5, 5.41) is 18.4. The minimum Gasteiger partial charge on any atom is -0.457 e. The average molecular weight is 841 g/mol. The van der Waals surface area contributed by atoms with Gasteiger partial charge in [0.05, 0.1) is 26.4 Å². The smallest absolute Gasteiger partial charge is 0.457 e. The number of rotatable bonds is 45. The van der Waals surface area contributed by atoms with Crippen molar-refractivity contribution in [2.24, 2.45) is 0 Å². The maximum atomic E-state index is 12.6. The molecule has 0 spiro atoms. The Labute approximate surface area is 356 Å². The van der Waals surface area contributed by atoms with Crippen LogP contribution in [0.2, 0.25) is 0 Å². The molecule has 0 bridgehead atoms. The first-order chi connectivity index (χ1) is 28.3. The van der Waals surface area contributed by atoms with Gasteiger partial charge in [-0.3, -0.25) is 13.8 Å². The molecule has 0 aliphatic rings. The van der Waals surface area contributed by atoms with Crippen molar-refractivity contribution in [1.82, 2.24) is 0 Å². The van der Waals surface area contributed by atoms with Gasteiger partial charge in [-0.05, 0) is 77.0 Å². The number of phosphoric ester groups is 1. The minimum absolute atomic E-state index is 0.0416. The summed E-state index contributed by atoms with van der Waals surface area (Å²) < 4.78 is 33.4. The maximum absolute atomic E-state index is 12.6. The first kappa shape index (κ1) is 56.4. The van der Waals surface area contributed by atoms with Crippen molar-refractivity contribution in [3.05, 3.63) is 48.6 Å². The predicted molar refractivity (Wildman–Crippen MR) is 242 cm³/mol. The van der Waals surface area contributed by atoms with E-state index in [2.05, 4.69) is 62.5 Å². The van der Waals surface area contributed by atoms with Crippen molar-refractivity contribution in [2.45, 2.75) is 219 Å². The lowest BCUT2D eigenvalue weighted by molar-refractivity contribution is -0.154. The summed E-state index contributed by atoms with van der Waals surface area (Å²) in [4.78, 5) is 22.6. The fourth-order valence-corrected chi connectivity index (χ4v) is 7.15. The van der Waals surface area contributed by atoms with Gasteiger partial charge in [-0.1, -0.05) is 172 Å². The van der Waals surface area contributed by atoms with Crippen LogP contribution in [0.5, 0.6) is 0 Å². The zero-order chi connectivity index (χ0) is 42.5. The van der Waals surface area contributed by atoms with Crippen LogP contribution in [-0.4, -0.2) is 66.3 Å². The molecule has 3 N–H and O–H groups in total. The van der Waals surface area contributed by atoms with Crippen molar-refractivity contribution in [2.75, 3.05) is 33.0 Å². The Morgan fingerprint density at radius 2 is 0.931 bits per heavy atom. The number of ether oxygens (including phenoxy) is 2. The molecule has 0 heterocycles. The predicted octanol–water partition coefficient (Wildman–Crippen LogP) is 13.4. The first-order valence-corrected chi connectivity index (χ1v) is 25.1. The number of allylic oxidation sites excluding steroid dienone is 8. The highest BCUT2D eigenvalue weighted by Gasteiger charge is 2.26. The fraction of sp³-hybridized carbons (Fsp3) is 0.812. The van der Waals surface area contributed by atoms with Gasteiger partial charge in [0.25, 0.3) is 0 Å². The van der Waals surface area contributed by atoms with E-state index in [1.807, 2.05) is 0 Å². The van der Waals surface area contributed by atoms with E-state index < -0.39 is 39.2 Å². The van der Waals surface area contributed by atoms with Gasteiger partial charge < -0.3 is 24.6 Å². The molecule has 9 nitrogen and oxygen atoms in total. The van der Waals surface area contributed by atoms with Gasteiger partial charge in [-0.15, -0.1) is 0 Å². The summed E-state index contributed by atoms with van der Waals surface area (Å²) in [6.07, 6.45) is 50.7. The van der Waals surface area contributed by atoms with Crippen LogP contribution in [0.25, 0.3) is 0 Å². The summed E-state index contributed by atoms with van der Waals surface area (Å²) in [7, 11) is -4.52. The number of hydrogen-bond acceptors (Lipinski definition) is 8. The molecule has 0 aromatic heterocycles. The number of carbonyl (C=O) groups is 1. The monoisotopic (exact) mass is 841 g/mol. The van der Waals surface area contributed by atoms with Gasteiger partial charge in [0.2, 0.25) is 0 Å². The van der Waals surface area contributed by atoms with Crippen LogP contribution in [0, 0.1) is 0 Å². The summed E-state index contributed by atoms with van der Waals surface area (Å²) in [5.41, 5.74) is 0. The Bertz CT molecular complexity index is 1040. The highest BCUT2D eigenvalue weighted by atomic mass is 31.2. The van der Waals surface area contributed by atoms with Gasteiger partial charge in [-0.2, -0.15) is 0 Å². The van der Waals surface area contributed by atoms with Crippen molar-refractivity contribution in [3.8, 4) is 0 Å². The second-order valence-electron chi connectivity index (χ2n) is 15.8. The third-order valence-electron chi connectivity index (χ3n) is 9.99. The van der Waals surface area contributed by atoms with E-state index in [4.69, 9.17) is 23.6 Å². The van der Waals surface area contributed by atoms with E-state index in [0.717, 1.165) is 70.6 Å². The Morgan fingerprint density at radius 3 is 1.43 bits per heavy atom. The molecular weight excluding hydrogens is 751 g/mol. The Balaban J connectivity index is 4.09. The third kappa shape index (κ3) is 44.0. The van der Waals surface area contributed by atoms with E-state index in [0.29, 0.717) is 13.0 Å². The molecular formula is C48H89O9P. The molecule has 0 saturated carbocycles. The average Bonchev–Trinajstić information content (AvgIpc) is 3.21. The minimum atomic E-state index is -4.52. The molecule has 0 saturated heterocycles. The number of hydrogen-bond donors (Lipinski definition) is 3. The Hall–Kier alpha value is -1.58. The molecule has 3 unspecified atom stereocenters. The van der Waals surface area contributed by atoms with Crippen LogP contribution < -0.4 is 0 Å². The number of aliphatic hydroxyl groups excluding tert-OH is 2. The number of aliphatic hydroxyl groups is 2. The number of esters is 1. The van der Waals surface area contributed by atoms with E-state index in [-0.39, 0.29) is 19.6 Å². The number of phosphoric acid groups is 1. The van der Waals surface area contributed by atoms with Crippen LogP contribution in [0.3, 0.4) is 0 Å². The van der Waals surface area contributed by atoms with Crippen molar-refractivity contribution < 1.29 is 43.0 Å². The van der Waals surface area contributed by atoms with E-state index in [1.54, 1.807) is 0 Å². The van der Waals surface area contributed by atoms with Crippen LogP contribution in [0.15, 0.2) is 48.6 Å². The summed E-state index contributed by atoms with van der Waals surface area (Å²) in [6.45, 7) is 3.47. The molecule has 0 fully saturated rings. The highest BCUT2D eigenvalue weighted by molar-refractivity contribution is 7.47. The van der Waals surface area contributed by atoms with Gasteiger partial charge >= 0.3 is 13.8 Å². The van der Waals surface area contributed by atoms with Crippen molar-refractivity contribution in [1.29, 1.82) is 0 Å². The van der Waals surface area contributed by atoms with Gasteiger partial charge in [-0.25, -0.2) is 4.57 Å². The Morgan fingerprint density at radius 1 is 0.534 bits per heavy atom. The summed E-state index contributed by atoms with van der Waals surface area (Å²) in [6, 6.07) is 0. The lowest BCUT2D eigenvalue weighted by Crippen LogP contribution is -2.29. The molecule has 3 atom stereocenters. The zero-order valence-corrected chi connectivity index (χ0v) is 38.2. The summed E-state index contributed by atoms with van der Waals surface area (Å²) >= 11 is 0. The molecule has 340 valence electrons. The summed E-state index contributed by atoms with van der Waals surface area (Å²) in [5.74, 6) is -0.394. The largest absolute Gasteiger partial charge is 0.472 e. The molecule has 0 aliphatic carbocycles. The molecule has 0 amide bonds. The molecule has 10 heteroatoms. The normalized spacial score (nSPS) is 14.4. The molecule has 58 heavy (non-hydrogen) atoms. The topological polar surface area (TPSA) is 132 Å². The maximum Gasteiger partial charge on any atom is 0.472 e. The van der Waals surface area contributed by atoms with Crippen LogP contribution >= 0.6 is 7.82 Å². The quantitative estimate of drug-likeness (QED) is 0.0237. The van der Waals surface area contributed by atoms with E-state index >= 15 is 0 Å². The number of unbranched alkanes of at least 4 members (excludes halogenated alkanes) is 23. The van der Waals surface area contributed by atoms with Crippen molar-refractivity contribution >= 4 is 13.8 Å². The first-order valence-electron chi connectivity index (χ1n) is 23.6. The van der Waals surface area contributed by atoms with Gasteiger partial charge in [0.15, 0.2) is 0 Å². The lowest BCUT2D eigenvalue weighted by Gasteiger charge is -2.20. The number of carbonyl (C=O) groups excluding carboxylic acids is 1. The third-order valence-corrected chi connectivity index (χ3v) is 10.9. The standard InChI is InChI=1S/C48H89O9P/c1-3-5-7-9-11-13-15-17-18-19-20-21-22-23-24-25-26-27-29-31-33-35-37-39-41-54-44-47(45-56-58(52,53)55-43-46(50)42-49)57-48(51)40-38-36-34-32-30-28-16-14-12-10-8-6-4-2/h14-17,19-20,22-23,46-47,49-50H,3-13,18,21,24-45H2,1-2H3,(H,52,53)/b16-14-,17-15-,20-19-,23-22-. The fourth-order valence-electron chi connectivity index (χ4n) is 6.36. The molecule has 0 aromatic carbocycles. The SMILES string of the molecule is CCCCCC/C=C\CCCCCCCC(=O)OC(COCCCCCCCCCCC/C=C\C/C=C\C/C=C\CCCCCCC)COP(=O)(O)OCC(O)CO. The second kappa shape index (κ2) is 45.0. The molecule has 0 radical (unpaired) electrons. The Kier molecular flexibility index (Phi) is 43.7. The van der Waals surface area contributed by atoms with E-state index in [1.165, 1.54) is 109 Å².